The number of hydrogen-bond acceptors (Lipinski definition) is 3. The van der Waals surface area contributed by atoms with Gasteiger partial charge in [-0.1, -0.05) is 13.3 Å². The monoisotopic (exact) mass is 250 g/mol. The lowest BCUT2D eigenvalue weighted by Crippen LogP contribution is -2.28. The van der Waals surface area contributed by atoms with E-state index in [2.05, 4.69) is 13.0 Å². The van der Waals surface area contributed by atoms with E-state index in [-0.39, 0.29) is 12.4 Å². The van der Waals surface area contributed by atoms with Gasteiger partial charge >= 0.3 is 0 Å². The van der Waals surface area contributed by atoms with Crippen LogP contribution in [0.3, 0.4) is 0 Å². The molecule has 1 aromatic carbocycles. The van der Waals surface area contributed by atoms with E-state index in [0.29, 0.717) is 24.2 Å². The summed E-state index contributed by atoms with van der Waals surface area (Å²) >= 11 is 0. The van der Waals surface area contributed by atoms with E-state index in [1.165, 1.54) is 18.2 Å². The SMILES string of the molecule is CCCCN(CCO)Cc1cc(F)ccc1C#N. The van der Waals surface area contributed by atoms with E-state index in [1.54, 1.807) is 0 Å². The highest BCUT2D eigenvalue weighted by Gasteiger charge is 2.09. The third-order valence-electron chi connectivity index (χ3n) is 2.83. The molecule has 0 bridgehead atoms. The van der Waals surface area contributed by atoms with Crippen molar-refractivity contribution in [2.75, 3.05) is 19.7 Å². The van der Waals surface area contributed by atoms with Crippen LogP contribution in [0.4, 0.5) is 4.39 Å². The first-order chi connectivity index (χ1) is 8.71. The second kappa shape index (κ2) is 7.80. The molecule has 0 saturated heterocycles. The summed E-state index contributed by atoms with van der Waals surface area (Å²) in [5.41, 5.74) is 1.18. The van der Waals surface area contributed by atoms with Gasteiger partial charge in [-0.05, 0) is 36.7 Å². The Labute approximate surface area is 107 Å². The molecular weight excluding hydrogens is 231 g/mol. The Balaban J connectivity index is 2.79. The third-order valence-corrected chi connectivity index (χ3v) is 2.83. The molecule has 0 fully saturated rings. The summed E-state index contributed by atoms with van der Waals surface area (Å²) in [5, 5.41) is 18.0. The average Bonchev–Trinajstić information content (AvgIpc) is 2.36. The number of nitrogens with zero attached hydrogens (tertiary/aromatic N) is 2. The molecule has 0 unspecified atom stereocenters. The van der Waals surface area contributed by atoms with E-state index in [9.17, 15) is 4.39 Å². The summed E-state index contributed by atoms with van der Waals surface area (Å²) in [4.78, 5) is 2.04. The first-order valence-corrected chi connectivity index (χ1v) is 6.23. The Morgan fingerprint density at radius 2 is 2.17 bits per heavy atom. The Bertz CT molecular complexity index is 415. The van der Waals surface area contributed by atoms with Crippen molar-refractivity contribution >= 4 is 0 Å². The van der Waals surface area contributed by atoms with Crippen LogP contribution in [0.5, 0.6) is 0 Å². The maximum Gasteiger partial charge on any atom is 0.123 e. The van der Waals surface area contributed by atoms with E-state index < -0.39 is 0 Å². The van der Waals surface area contributed by atoms with Gasteiger partial charge in [0.15, 0.2) is 0 Å². The van der Waals surface area contributed by atoms with Gasteiger partial charge in [-0.2, -0.15) is 5.26 Å². The summed E-state index contributed by atoms with van der Waals surface area (Å²) < 4.78 is 13.2. The van der Waals surface area contributed by atoms with Gasteiger partial charge in [-0.25, -0.2) is 4.39 Å². The Morgan fingerprint density at radius 1 is 1.39 bits per heavy atom. The zero-order valence-corrected chi connectivity index (χ0v) is 10.7. The number of aliphatic hydroxyl groups is 1. The van der Waals surface area contributed by atoms with Crippen LogP contribution in [0.1, 0.15) is 30.9 Å². The molecule has 0 heterocycles. The molecule has 0 atom stereocenters. The number of rotatable bonds is 7. The zero-order valence-electron chi connectivity index (χ0n) is 10.7. The standard InChI is InChI=1S/C14H19FN2O/c1-2-3-6-17(7-8-18)11-13-9-14(15)5-4-12(13)10-16/h4-5,9,18H,2-3,6-8,11H2,1H3. The molecule has 0 radical (unpaired) electrons. The minimum atomic E-state index is -0.330. The first kappa shape index (κ1) is 14.6. The molecule has 0 aromatic heterocycles. The summed E-state index contributed by atoms with van der Waals surface area (Å²) in [6.45, 7) is 4.06. The number of halogens is 1. The molecule has 0 spiro atoms. The molecule has 4 heteroatoms. The second-order valence-electron chi connectivity index (χ2n) is 4.27. The van der Waals surface area contributed by atoms with Gasteiger partial charge in [-0.3, -0.25) is 4.90 Å². The van der Waals surface area contributed by atoms with Crippen molar-refractivity contribution in [1.82, 2.24) is 4.90 Å². The molecular formula is C14H19FN2O. The number of nitriles is 1. The van der Waals surface area contributed by atoms with Crippen molar-refractivity contribution in [3.05, 3.63) is 35.1 Å². The topological polar surface area (TPSA) is 47.3 Å². The largest absolute Gasteiger partial charge is 0.395 e. The van der Waals surface area contributed by atoms with E-state index >= 15 is 0 Å². The normalized spacial score (nSPS) is 10.6. The fourth-order valence-electron chi connectivity index (χ4n) is 1.84. The lowest BCUT2D eigenvalue weighted by atomic mass is 10.1. The molecule has 3 nitrogen and oxygen atoms in total. The number of unbranched alkanes of at least 4 members (excludes halogenated alkanes) is 1. The highest BCUT2D eigenvalue weighted by molar-refractivity contribution is 5.37. The van der Waals surface area contributed by atoms with Crippen molar-refractivity contribution in [3.8, 4) is 6.07 Å². The lowest BCUT2D eigenvalue weighted by Gasteiger charge is -2.21. The summed E-state index contributed by atoms with van der Waals surface area (Å²) in [6.07, 6.45) is 2.09. The molecule has 1 N–H and O–H groups in total. The summed E-state index contributed by atoms with van der Waals surface area (Å²) in [5.74, 6) is -0.330. The maximum absolute atomic E-state index is 13.2. The van der Waals surface area contributed by atoms with Crippen molar-refractivity contribution < 1.29 is 9.50 Å². The van der Waals surface area contributed by atoms with Crippen LogP contribution in [0, 0.1) is 17.1 Å². The molecule has 0 aliphatic heterocycles. The van der Waals surface area contributed by atoms with Gasteiger partial charge in [0.05, 0.1) is 18.2 Å². The minimum Gasteiger partial charge on any atom is -0.395 e. The predicted molar refractivity (Wildman–Crippen MR) is 68.4 cm³/mol. The molecule has 18 heavy (non-hydrogen) atoms. The van der Waals surface area contributed by atoms with Crippen LogP contribution in [0.15, 0.2) is 18.2 Å². The zero-order chi connectivity index (χ0) is 13.4. The number of hydrogen-bond donors (Lipinski definition) is 1. The predicted octanol–water partition coefficient (Wildman–Crippen LogP) is 2.29. The van der Waals surface area contributed by atoms with E-state index in [0.717, 1.165) is 19.4 Å². The van der Waals surface area contributed by atoms with E-state index in [1.807, 2.05) is 4.90 Å². The molecule has 0 saturated carbocycles. The van der Waals surface area contributed by atoms with Gasteiger partial charge in [0.1, 0.15) is 5.82 Å². The quantitative estimate of drug-likeness (QED) is 0.807. The van der Waals surface area contributed by atoms with Crippen molar-refractivity contribution in [3.63, 3.8) is 0 Å². The molecule has 0 aliphatic carbocycles. The number of benzene rings is 1. The lowest BCUT2D eigenvalue weighted by molar-refractivity contribution is 0.188. The van der Waals surface area contributed by atoms with Crippen molar-refractivity contribution in [1.29, 1.82) is 5.26 Å². The number of aliphatic hydroxyl groups excluding tert-OH is 1. The molecule has 1 aromatic rings. The van der Waals surface area contributed by atoms with Crippen LogP contribution in [-0.4, -0.2) is 29.7 Å². The van der Waals surface area contributed by atoms with Crippen molar-refractivity contribution in [2.45, 2.75) is 26.3 Å². The fourth-order valence-corrected chi connectivity index (χ4v) is 1.84. The smallest absolute Gasteiger partial charge is 0.123 e. The van der Waals surface area contributed by atoms with Crippen LogP contribution in [0.25, 0.3) is 0 Å². The van der Waals surface area contributed by atoms with Gasteiger partial charge in [0.25, 0.3) is 0 Å². The van der Waals surface area contributed by atoms with Gasteiger partial charge in [0.2, 0.25) is 0 Å². The molecule has 0 aliphatic rings. The average molecular weight is 250 g/mol. The second-order valence-corrected chi connectivity index (χ2v) is 4.27. The van der Waals surface area contributed by atoms with E-state index in [4.69, 9.17) is 10.4 Å². The fraction of sp³-hybridized carbons (Fsp3) is 0.500. The van der Waals surface area contributed by atoms with Crippen LogP contribution < -0.4 is 0 Å². The van der Waals surface area contributed by atoms with Crippen molar-refractivity contribution in [2.24, 2.45) is 0 Å². The molecule has 0 amide bonds. The highest BCUT2D eigenvalue weighted by Crippen LogP contribution is 2.13. The minimum absolute atomic E-state index is 0.0704. The Hall–Kier alpha value is -1.44. The van der Waals surface area contributed by atoms with Gasteiger partial charge in [-0.15, -0.1) is 0 Å². The summed E-state index contributed by atoms with van der Waals surface area (Å²) in [6, 6.07) is 6.27. The Kier molecular flexibility index (Phi) is 6.34. The molecule has 98 valence electrons. The van der Waals surface area contributed by atoms with Crippen LogP contribution in [-0.2, 0) is 6.54 Å². The van der Waals surface area contributed by atoms with Crippen LogP contribution >= 0.6 is 0 Å². The van der Waals surface area contributed by atoms with Gasteiger partial charge < -0.3 is 5.11 Å². The highest BCUT2D eigenvalue weighted by atomic mass is 19.1. The van der Waals surface area contributed by atoms with Crippen LogP contribution in [0.2, 0.25) is 0 Å². The Morgan fingerprint density at radius 3 is 2.78 bits per heavy atom. The first-order valence-electron chi connectivity index (χ1n) is 6.23. The maximum atomic E-state index is 13.2. The third kappa shape index (κ3) is 4.44. The summed E-state index contributed by atoms with van der Waals surface area (Å²) in [7, 11) is 0. The van der Waals surface area contributed by atoms with Gasteiger partial charge in [0, 0.05) is 13.1 Å². The molecule has 1 rings (SSSR count).